The fraction of sp³-hybridized carbons (Fsp3) is 0.318. The molecular formula is C22H24N4O3S. The van der Waals surface area contributed by atoms with Crippen molar-refractivity contribution in [3.05, 3.63) is 59.2 Å². The van der Waals surface area contributed by atoms with Crippen LogP contribution in [0, 0.1) is 0 Å². The predicted molar refractivity (Wildman–Crippen MR) is 117 cm³/mol. The molecule has 156 valence electrons. The Labute approximate surface area is 179 Å². The van der Waals surface area contributed by atoms with Crippen LogP contribution in [0.1, 0.15) is 34.7 Å². The summed E-state index contributed by atoms with van der Waals surface area (Å²) in [4.78, 5) is 28.7. The number of carbonyl (C=O) groups excluding carboxylic acids is 2. The third-order valence-corrected chi connectivity index (χ3v) is 6.09. The molecule has 2 N–H and O–H groups in total. The quantitative estimate of drug-likeness (QED) is 0.609. The fourth-order valence-electron chi connectivity index (χ4n) is 3.51. The first-order valence-electron chi connectivity index (χ1n) is 9.80. The summed E-state index contributed by atoms with van der Waals surface area (Å²) < 4.78 is 7.16. The van der Waals surface area contributed by atoms with Crippen LogP contribution >= 0.6 is 11.3 Å². The van der Waals surface area contributed by atoms with E-state index in [2.05, 4.69) is 27.8 Å². The maximum absolute atomic E-state index is 12.2. The normalized spacial score (nSPS) is 17.9. The van der Waals surface area contributed by atoms with Crippen LogP contribution in [0.25, 0.3) is 11.3 Å². The SMILES string of the molecule is COC1CC(c2cccc(-c3csc(NC(=O)CNC(=O)c4ccn(C)c4)n3)c2)C1. The van der Waals surface area contributed by atoms with Gasteiger partial charge in [0.25, 0.3) is 5.91 Å². The van der Waals surface area contributed by atoms with E-state index in [0.29, 0.717) is 22.7 Å². The average molecular weight is 425 g/mol. The van der Waals surface area contributed by atoms with Gasteiger partial charge in [-0.1, -0.05) is 18.2 Å². The number of methoxy groups -OCH3 is 1. The van der Waals surface area contributed by atoms with Gasteiger partial charge in [0.05, 0.1) is 23.9 Å². The minimum absolute atomic E-state index is 0.111. The summed E-state index contributed by atoms with van der Waals surface area (Å²) in [5.74, 6) is -0.0657. The third kappa shape index (κ3) is 4.60. The molecule has 1 aliphatic rings. The highest BCUT2D eigenvalue weighted by molar-refractivity contribution is 7.14. The summed E-state index contributed by atoms with van der Waals surface area (Å²) in [6.45, 7) is -0.111. The van der Waals surface area contributed by atoms with Gasteiger partial charge in [0, 0.05) is 37.5 Å². The lowest BCUT2D eigenvalue weighted by molar-refractivity contribution is -0.115. The van der Waals surface area contributed by atoms with Crippen LogP contribution in [-0.2, 0) is 16.6 Å². The van der Waals surface area contributed by atoms with Crippen molar-refractivity contribution in [3.63, 3.8) is 0 Å². The van der Waals surface area contributed by atoms with Gasteiger partial charge in [-0.3, -0.25) is 9.59 Å². The smallest absolute Gasteiger partial charge is 0.253 e. The molecule has 2 heterocycles. The number of aromatic nitrogens is 2. The molecule has 0 saturated heterocycles. The predicted octanol–water partition coefficient (Wildman–Crippen LogP) is 3.41. The second kappa shape index (κ2) is 8.81. The van der Waals surface area contributed by atoms with Crippen LogP contribution in [0.15, 0.2) is 48.1 Å². The maximum atomic E-state index is 12.2. The van der Waals surface area contributed by atoms with Crippen LogP contribution < -0.4 is 10.6 Å². The van der Waals surface area contributed by atoms with Crippen molar-refractivity contribution < 1.29 is 14.3 Å². The summed E-state index contributed by atoms with van der Waals surface area (Å²) in [6.07, 6.45) is 5.94. The van der Waals surface area contributed by atoms with Gasteiger partial charge in [-0.2, -0.15) is 0 Å². The molecule has 7 nitrogen and oxygen atoms in total. The third-order valence-electron chi connectivity index (χ3n) is 5.34. The minimum Gasteiger partial charge on any atom is -0.381 e. The molecule has 30 heavy (non-hydrogen) atoms. The summed E-state index contributed by atoms with van der Waals surface area (Å²) in [7, 11) is 3.59. The van der Waals surface area contributed by atoms with E-state index in [-0.39, 0.29) is 18.4 Å². The Kier molecular flexibility index (Phi) is 5.96. The summed E-state index contributed by atoms with van der Waals surface area (Å²) in [6, 6.07) is 10.1. The van der Waals surface area contributed by atoms with E-state index in [9.17, 15) is 9.59 Å². The average Bonchev–Trinajstić information content (AvgIpc) is 3.35. The number of carbonyl (C=O) groups is 2. The van der Waals surface area contributed by atoms with Gasteiger partial charge in [0.15, 0.2) is 5.13 Å². The van der Waals surface area contributed by atoms with Gasteiger partial charge in [-0.25, -0.2) is 4.98 Å². The number of amides is 2. The number of ether oxygens (including phenoxy) is 1. The Bertz CT molecular complexity index is 1050. The lowest BCUT2D eigenvalue weighted by Crippen LogP contribution is -2.32. The van der Waals surface area contributed by atoms with Gasteiger partial charge in [0.1, 0.15) is 0 Å². The van der Waals surface area contributed by atoms with Crippen LogP contribution in [-0.4, -0.2) is 41.1 Å². The lowest BCUT2D eigenvalue weighted by Gasteiger charge is -2.34. The first-order valence-corrected chi connectivity index (χ1v) is 10.7. The molecule has 0 aliphatic heterocycles. The van der Waals surface area contributed by atoms with Crippen LogP contribution in [0.4, 0.5) is 5.13 Å². The van der Waals surface area contributed by atoms with Crippen molar-refractivity contribution >= 4 is 28.3 Å². The molecule has 3 aromatic rings. The standard InChI is InChI=1S/C22H24N4O3S/c1-26-7-6-16(12-26)21(28)23-11-20(27)25-22-24-19(13-30-22)15-5-3-4-14(8-15)17-9-18(10-17)29-2/h3-8,12-13,17-18H,9-11H2,1-2H3,(H,23,28)(H,24,25,27). The Morgan fingerprint density at radius 3 is 2.87 bits per heavy atom. The van der Waals surface area contributed by atoms with E-state index in [1.807, 2.05) is 24.6 Å². The molecule has 0 radical (unpaired) electrons. The molecule has 1 fully saturated rings. The topological polar surface area (TPSA) is 85.3 Å². The number of nitrogens with one attached hydrogen (secondary N) is 2. The molecule has 0 bridgehead atoms. The zero-order valence-corrected chi connectivity index (χ0v) is 17.7. The molecule has 1 aliphatic carbocycles. The molecule has 2 aromatic heterocycles. The summed E-state index contributed by atoms with van der Waals surface area (Å²) >= 11 is 1.37. The highest BCUT2D eigenvalue weighted by Crippen LogP contribution is 2.39. The Morgan fingerprint density at radius 2 is 2.13 bits per heavy atom. The molecular weight excluding hydrogens is 400 g/mol. The van der Waals surface area contributed by atoms with Crippen molar-refractivity contribution in [1.29, 1.82) is 0 Å². The van der Waals surface area contributed by atoms with Gasteiger partial charge in [-0.05, 0) is 36.5 Å². The molecule has 1 aromatic carbocycles. The van der Waals surface area contributed by atoms with Gasteiger partial charge in [0.2, 0.25) is 5.91 Å². The number of aryl methyl sites for hydroxylation is 1. The largest absolute Gasteiger partial charge is 0.381 e. The fourth-order valence-corrected chi connectivity index (χ4v) is 4.25. The summed E-state index contributed by atoms with van der Waals surface area (Å²) in [5.41, 5.74) is 3.67. The number of nitrogens with zero attached hydrogens (tertiary/aromatic N) is 2. The number of benzene rings is 1. The van der Waals surface area contributed by atoms with Crippen LogP contribution in [0.2, 0.25) is 0 Å². The Balaban J connectivity index is 1.33. The summed E-state index contributed by atoms with van der Waals surface area (Å²) in [5, 5.41) is 7.80. The van der Waals surface area contributed by atoms with E-state index >= 15 is 0 Å². The Hall–Kier alpha value is -2.97. The van der Waals surface area contributed by atoms with Crippen molar-refractivity contribution in [3.8, 4) is 11.3 Å². The number of anilines is 1. The van der Waals surface area contributed by atoms with Crippen LogP contribution in [0.5, 0.6) is 0 Å². The van der Waals surface area contributed by atoms with Gasteiger partial charge < -0.3 is 19.9 Å². The minimum atomic E-state index is -0.311. The zero-order valence-electron chi connectivity index (χ0n) is 16.9. The zero-order chi connectivity index (χ0) is 21.1. The first kappa shape index (κ1) is 20.3. The molecule has 8 heteroatoms. The van der Waals surface area contributed by atoms with E-state index in [0.717, 1.165) is 24.1 Å². The number of rotatable bonds is 7. The van der Waals surface area contributed by atoms with E-state index in [1.165, 1.54) is 16.9 Å². The van der Waals surface area contributed by atoms with Gasteiger partial charge >= 0.3 is 0 Å². The van der Waals surface area contributed by atoms with E-state index < -0.39 is 0 Å². The number of hydrogen-bond acceptors (Lipinski definition) is 5. The number of hydrogen-bond donors (Lipinski definition) is 2. The highest BCUT2D eigenvalue weighted by atomic mass is 32.1. The molecule has 0 spiro atoms. The second-order valence-corrected chi connectivity index (χ2v) is 8.34. The van der Waals surface area contributed by atoms with Crippen molar-refractivity contribution in [2.24, 2.45) is 7.05 Å². The molecule has 2 amide bonds. The Morgan fingerprint density at radius 1 is 1.30 bits per heavy atom. The molecule has 4 rings (SSSR count). The molecule has 1 saturated carbocycles. The second-order valence-electron chi connectivity index (χ2n) is 7.49. The van der Waals surface area contributed by atoms with E-state index in [1.54, 1.807) is 30.1 Å². The lowest BCUT2D eigenvalue weighted by atomic mass is 9.77. The van der Waals surface area contributed by atoms with Crippen molar-refractivity contribution in [2.75, 3.05) is 19.0 Å². The van der Waals surface area contributed by atoms with Crippen molar-refractivity contribution in [1.82, 2.24) is 14.9 Å². The highest BCUT2D eigenvalue weighted by Gasteiger charge is 2.30. The monoisotopic (exact) mass is 424 g/mol. The van der Waals surface area contributed by atoms with Crippen LogP contribution in [0.3, 0.4) is 0 Å². The molecule has 0 atom stereocenters. The van der Waals surface area contributed by atoms with Crippen molar-refractivity contribution in [2.45, 2.75) is 24.9 Å². The van der Waals surface area contributed by atoms with E-state index in [4.69, 9.17) is 4.74 Å². The number of thiazole rings is 1. The maximum Gasteiger partial charge on any atom is 0.253 e. The first-order chi connectivity index (χ1) is 14.5. The van der Waals surface area contributed by atoms with Gasteiger partial charge in [-0.15, -0.1) is 11.3 Å². The molecule has 0 unspecified atom stereocenters.